The molecule has 12 heteroatoms. The quantitative estimate of drug-likeness (QED) is 0.393. The molecule has 3 heterocycles. The molecule has 36 heavy (non-hydrogen) atoms. The minimum absolute atomic E-state index is 0.142. The van der Waals surface area contributed by atoms with Crippen LogP contribution in [0.1, 0.15) is 11.1 Å². The summed E-state index contributed by atoms with van der Waals surface area (Å²) in [7, 11) is 0. The average Bonchev–Trinajstić information content (AvgIpc) is 3.44. The Morgan fingerprint density at radius 3 is 2.58 bits per heavy atom. The number of fused-ring (bicyclic) bond motifs is 1. The number of amides is 1. The molecule has 182 valence electrons. The van der Waals surface area contributed by atoms with Gasteiger partial charge in [-0.25, -0.2) is 13.9 Å². The number of rotatable bonds is 5. The number of pyridine rings is 1. The molecule has 0 bridgehead atoms. The third-order valence-corrected chi connectivity index (χ3v) is 5.33. The highest BCUT2D eigenvalue weighted by Crippen LogP contribution is 2.30. The number of alkyl halides is 3. The summed E-state index contributed by atoms with van der Waals surface area (Å²) < 4.78 is 45.8. The third kappa shape index (κ3) is 4.48. The highest BCUT2D eigenvalue weighted by molar-refractivity contribution is 5.90. The molecule has 0 fully saturated rings. The van der Waals surface area contributed by atoms with E-state index in [1.165, 1.54) is 10.6 Å². The van der Waals surface area contributed by atoms with Crippen LogP contribution in [-0.2, 0) is 17.5 Å². The molecule has 2 aromatic carbocycles. The first-order valence-corrected chi connectivity index (χ1v) is 10.7. The molecule has 1 amide bonds. The van der Waals surface area contributed by atoms with E-state index in [1.54, 1.807) is 12.1 Å². The van der Waals surface area contributed by atoms with E-state index in [0.717, 1.165) is 40.1 Å². The van der Waals surface area contributed by atoms with Gasteiger partial charge in [0.1, 0.15) is 6.54 Å². The Bertz CT molecular complexity index is 1630. The zero-order chi connectivity index (χ0) is 25.4. The largest absolute Gasteiger partial charge is 0.416 e. The number of hydrogen-bond acceptors (Lipinski definition) is 6. The van der Waals surface area contributed by atoms with Gasteiger partial charge in [-0.3, -0.25) is 4.79 Å². The van der Waals surface area contributed by atoms with Gasteiger partial charge in [-0.05, 0) is 49.4 Å². The van der Waals surface area contributed by atoms with Crippen LogP contribution in [0.25, 0.3) is 28.5 Å². The van der Waals surface area contributed by atoms with Gasteiger partial charge in [-0.1, -0.05) is 28.9 Å². The number of anilines is 1. The fraction of sp³-hybridized carbons (Fsp3) is 0.125. The number of nitrogens with zero attached hydrogens (tertiary/aromatic N) is 5. The highest BCUT2D eigenvalue weighted by Gasteiger charge is 2.30. The van der Waals surface area contributed by atoms with Crippen molar-refractivity contribution in [1.29, 1.82) is 0 Å². The van der Waals surface area contributed by atoms with Gasteiger partial charge >= 0.3 is 11.9 Å². The Balaban J connectivity index is 1.40. The molecule has 0 aliphatic heterocycles. The number of aryl methyl sites for hydroxylation is 1. The summed E-state index contributed by atoms with van der Waals surface area (Å²) in [6, 6.07) is 14.8. The van der Waals surface area contributed by atoms with E-state index in [0.29, 0.717) is 11.4 Å². The Labute approximate surface area is 200 Å². The molecule has 0 radical (unpaired) electrons. The van der Waals surface area contributed by atoms with Gasteiger partial charge in [0.15, 0.2) is 5.65 Å². The molecular formula is C24H17F3N6O3. The molecule has 5 aromatic rings. The van der Waals surface area contributed by atoms with E-state index in [9.17, 15) is 22.8 Å². The molecule has 0 unspecified atom stereocenters. The zero-order valence-corrected chi connectivity index (χ0v) is 18.7. The molecule has 9 nitrogen and oxygen atoms in total. The molecule has 0 saturated heterocycles. The maximum atomic E-state index is 12.8. The molecule has 0 aliphatic carbocycles. The predicted octanol–water partition coefficient (Wildman–Crippen LogP) is 4.18. The van der Waals surface area contributed by atoms with Gasteiger partial charge in [0.05, 0.1) is 11.1 Å². The first kappa shape index (κ1) is 23.0. The van der Waals surface area contributed by atoms with Gasteiger partial charge in [0.25, 0.3) is 5.89 Å². The lowest BCUT2D eigenvalue weighted by Gasteiger charge is -2.08. The van der Waals surface area contributed by atoms with Crippen molar-refractivity contribution in [3.8, 4) is 22.8 Å². The van der Waals surface area contributed by atoms with E-state index in [-0.39, 0.29) is 17.2 Å². The number of halogens is 3. The molecule has 0 atom stereocenters. The monoisotopic (exact) mass is 494 g/mol. The number of carbonyl (C=O) groups excluding carboxylic acids is 1. The van der Waals surface area contributed by atoms with Crippen molar-refractivity contribution in [2.75, 3.05) is 5.32 Å². The standard InChI is InChI=1S/C24H17F3N6O3/c1-14-4-2-5-15(12-14)20-29-22(36-31-20)18-6-3-11-32-21(18)30-33(23(32)35)13-19(34)28-17-9-7-16(8-10-17)24(25,26)27/h2-12H,13H2,1H3,(H,28,34). The molecule has 1 N–H and O–H groups in total. The van der Waals surface area contributed by atoms with Crippen molar-refractivity contribution < 1.29 is 22.5 Å². The van der Waals surface area contributed by atoms with Crippen LogP contribution in [-0.4, -0.2) is 30.2 Å². The highest BCUT2D eigenvalue weighted by atomic mass is 19.4. The average molecular weight is 494 g/mol. The second kappa shape index (κ2) is 8.80. The van der Waals surface area contributed by atoms with Gasteiger partial charge < -0.3 is 9.84 Å². The lowest BCUT2D eigenvalue weighted by Crippen LogP contribution is -2.28. The summed E-state index contributed by atoms with van der Waals surface area (Å²) in [5.74, 6) is -0.127. The fourth-order valence-corrected chi connectivity index (χ4v) is 3.62. The van der Waals surface area contributed by atoms with Gasteiger partial charge in [-0.2, -0.15) is 18.2 Å². The van der Waals surface area contributed by atoms with Crippen LogP contribution in [0.15, 0.2) is 76.2 Å². The molecule has 0 spiro atoms. The molecule has 0 aliphatic rings. The zero-order valence-electron chi connectivity index (χ0n) is 18.7. The van der Waals surface area contributed by atoms with Crippen LogP contribution >= 0.6 is 0 Å². The summed E-state index contributed by atoms with van der Waals surface area (Å²) in [5, 5.41) is 10.7. The normalized spacial score (nSPS) is 11.7. The summed E-state index contributed by atoms with van der Waals surface area (Å²) in [6.45, 7) is 1.48. The summed E-state index contributed by atoms with van der Waals surface area (Å²) in [5.41, 5.74) is 1.11. The minimum Gasteiger partial charge on any atom is -0.333 e. The molecular weight excluding hydrogens is 477 g/mol. The summed E-state index contributed by atoms with van der Waals surface area (Å²) in [4.78, 5) is 29.7. The minimum atomic E-state index is -4.48. The third-order valence-electron chi connectivity index (χ3n) is 5.33. The van der Waals surface area contributed by atoms with Crippen LogP contribution in [0, 0.1) is 6.92 Å². The van der Waals surface area contributed by atoms with Crippen molar-refractivity contribution in [3.63, 3.8) is 0 Å². The number of aromatic nitrogens is 5. The second-order valence-corrected chi connectivity index (χ2v) is 7.97. The second-order valence-electron chi connectivity index (χ2n) is 7.97. The number of hydrogen-bond donors (Lipinski definition) is 1. The van der Waals surface area contributed by atoms with Crippen molar-refractivity contribution in [1.82, 2.24) is 24.3 Å². The number of carbonyl (C=O) groups is 1. The van der Waals surface area contributed by atoms with Gasteiger partial charge in [0, 0.05) is 17.4 Å². The molecule has 5 rings (SSSR count). The Morgan fingerprint density at radius 2 is 1.86 bits per heavy atom. The summed E-state index contributed by atoms with van der Waals surface area (Å²) in [6.07, 6.45) is -3.00. The van der Waals surface area contributed by atoms with E-state index in [1.807, 2.05) is 31.2 Å². The van der Waals surface area contributed by atoms with E-state index >= 15 is 0 Å². The van der Waals surface area contributed by atoms with Crippen LogP contribution in [0.3, 0.4) is 0 Å². The lowest BCUT2D eigenvalue weighted by atomic mass is 10.1. The fourth-order valence-electron chi connectivity index (χ4n) is 3.62. The maximum Gasteiger partial charge on any atom is 0.416 e. The van der Waals surface area contributed by atoms with E-state index in [4.69, 9.17) is 4.52 Å². The van der Waals surface area contributed by atoms with Crippen molar-refractivity contribution in [2.45, 2.75) is 19.6 Å². The first-order chi connectivity index (χ1) is 17.2. The van der Waals surface area contributed by atoms with E-state index < -0.39 is 29.9 Å². The lowest BCUT2D eigenvalue weighted by molar-refractivity contribution is -0.137. The van der Waals surface area contributed by atoms with Crippen LogP contribution in [0.4, 0.5) is 18.9 Å². The van der Waals surface area contributed by atoms with Crippen LogP contribution < -0.4 is 11.0 Å². The van der Waals surface area contributed by atoms with Crippen molar-refractivity contribution in [2.24, 2.45) is 0 Å². The summed E-state index contributed by atoms with van der Waals surface area (Å²) >= 11 is 0. The van der Waals surface area contributed by atoms with E-state index in [2.05, 4.69) is 20.6 Å². The Morgan fingerprint density at radius 1 is 1.08 bits per heavy atom. The Hall–Kier alpha value is -4.74. The first-order valence-electron chi connectivity index (χ1n) is 10.7. The van der Waals surface area contributed by atoms with Crippen molar-refractivity contribution in [3.05, 3.63) is 88.5 Å². The SMILES string of the molecule is Cc1cccc(-c2noc(-c3cccn4c(=O)n(CC(=O)Nc5ccc(C(F)(F)F)cc5)nc34)n2)c1. The van der Waals surface area contributed by atoms with Crippen LogP contribution in [0.2, 0.25) is 0 Å². The number of nitrogens with one attached hydrogen (secondary N) is 1. The predicted molar refractivity (Wildman–Crippen MR) is 123 cm³/mol. The molecule has 3 aromatic heterocycles. The maximum absolute atomic E-state index is 12.8. The number of benzene rings is 2. The Kier molecular flexibility index (Phi) is 5.63. The smallest absolute Gasteiger partial charge is 0.333 e. The van der Waals surface area contributed by atoms with Crippen LogP contribution in [0.5, 0.6) is 0 Å². The topological polar surface area (TPSA) is 107 Å². The van der Waals surface area contributed by atoms with Gasteiger partial charge in [-0.15, -0.1) is 5.10 Å². The van der Waals surface area contributed by atoms with Crippen molar-refractivity contribution >= 4 is 17.2 Å². The van der Waals surface area contributed by atoms with Gasteiger partial charge in [0.2, 0.25) is 11.7 Å². The molecule has 0 saturated carbocycles.